The summed E-state index contributed by atoms with van der Waals surface area (Å²) in [5.74, 6) is 2.48. The Hall–Kier alpha value is -0.0400. The van der Waals surface area contributed by atoms with E-state index >= 15 is 0 Å². The maximum absolute atomic E-state index is 6.70. The van der Waals surface area contributed by atoms with Gasteiger partial charge in [-0.25, -0.2) is 0 Å². The van der Waals surface area contributed by atoms with Gasteiger partial charge in [-0.3, -0.25) is 4.99 Å². The van der Waals surface area contributed by atoms with Crippen molar-refractivity contribution < 1.29 is 0 Å². The molecule has 0 N–H and O–H groups in total. The van der Waals surface area contributed by atoms with Crippen LogP contribution in [-0.4, -0.2) is 17.6 Å². The van der Waals surface area contributed by atoms with Crippen LogP contribution in [0.15, 0.2) is 4.99 Å². The zero-order chi connectivity index (χ0) is 9.76. The summed E-state index contributed by atoms with van der Waals surface area (Å²) in [6.07, 6.45) is 7.77. The van der Waals surface area contributed by atoms with Crippen LogP contribution < -0.4 is 0 Å². The van der Waals surface area contributed by atoms with E-state index in [1.54, 1.807) is 0 Å². The Kier molecular flexibility index (Phi) is 1.96. The van der Waals surface area contributed by atoms with E-state index in [2.05, 4.69) is 4.99 Å². The number of hydrogen-bond acceptors (Lipinski definition) is 1. The molecule has 0 aromatic rings. The van der Waals surface area contributed by atoms with E-state index in [0.29, 0.717) is 0 Å². The summed E-state index contributed by atoms with van der Waals surface area (Å²) >= 11 is 6.70. The van der Waals surface area contributed by atoms with Crippen molar-refractivity contribution in [3.8, 4) is 0 Å². The standard InChI is InChI=1S/C12H18ClN/c1-14-11-4-9-2-8-3-10(11)7-12(13,5-8)6-9/h8-10H,2-7H2,1H3. The van der Waals surface area contributed by atoms with Gasteiger partial charge in [-0.15, -0.1) is 11.6 Å². The third kappa shape index (κ3) is 1.32. The summed E-state index contributed by atoms with van der Waals surface area (Å²) in [6, 6.07) is 0. The van der Waals surface area contributed by atoms with E-state index in [1.165, 1.54) is 44.2 Å². The van der Waals surface area contributed by atoms with Crippen LogP contribution in [0.25, 0.3) is 0 Å². The third-order valence-corrected chi connectivity index (χ3v) is 4.92. The molecule has 78 valence electrons. The molecule has 14 heavy (non-hydrogen) atoms. The van der Waals surface area contributed by atoms with Crippen LogP contribution in [-0.2, 0) is 0 Å². The van der Waals surface area contributed by atoms with Crippen molar-refractivity contribution >= 4 is 17.3 Å². The normalized spacial score (nSPS) is 53.9. The lowest BCUT2D eigenvalue weighted by atomic mass is 9.67. The Morgan fingerprint density at radius 3 is 2.71 bits per heavy atom. The highest BCUT2D eigenvalue weighted by Crippen LogP contribution is 2.55. The number of fused-ring (bicyclic) bond motifs is 1. The zero-order valence-electron chi connectivity index (χ0n) is 8.80. The molecule has 4 saturated carbocycles. The molecule has 4 bridgehead atoms. The predicted octanol–water partition coefficient (Wildman–Crippen LogP) is 3.26. The molecule has 1 nitrogen and oxygen atoms in total. The number of nitrogens with zero attached hydrogens (tertiary/aromatic N) is 1. The highest BCUT2D eigenvalue weighted by Gasteiger charge is 2.49. The van der Waals surface area contributed by atoms with Crippen molar-refractivity contribution in [3.05, 3.63) is 0 Å². The Morgan fingerprint density at radius 1 is 1.21 bits per heavy atom. The monoisotopic (exact) mass is 211 g/mol. The van der Waals surface area contributed by atoms with Crippen LogP contribution in [0.5, 0.6) is 0 Å². The molecule has 0 heterocycles. The van der Waals surface area contributed by atoms with E-state index in [4.69, 9.17) is 11.6 Å². The molecule has 0 radical (unpaired) electrons. The first-order chi connectivity index (χ1) is 6.68. The third-order valence-electron chi connectivity index (χ3n) is 4.46. The molecule has 4 aliphatic carbocycles. The molecule has 4 aliphatic rings. The van der Waals surface area contributed by atoms with Gasteiger partial charge in [0.05, 0.1) is 0 Å². The highest BCUT2D eigenvalue weighted by molar-refractivity contribution is 6.24. The molecule has 0 aromatic carbocycles. The number of halogens is 1. The predicted molar refractivity (Wildman–Crippen MR) is 60.1 cm³/mol. The SMILES string of the molecule is CN=C1CC2CC3CC1CC(Cl)(C2)C3. The van der Waals surface area contributed by atoms with Crippen molar-refractivity contribution in [3.63, 3.8) is 0 Å². The van der Waals surface area contributed by atoms with Crippen LogP contribution in [0.2, 0.25) is 0 Å². The van der Waals surface area contributed by atoms with Crippen molar-refractivity contribution in [2.45, 2.75) is 43.4 Å². The lowest BCUT2D eigenvalue weighted by Crippen LogP contribution is -2.39. The van der Waals surface area contributed by atoms with Gasteiger partial charge in [-0.05, 0) is 56.3 Å². The van der Waals surface area contributed by atoms with Gasteiger partial charge < -0.3 is 0 Å². The number of alkyl halides is 1. The molecular formula is C12H18ClN. The quantitative estimate of drug-likeness (QED) is 0.546. The highest BCUT2D eigenvalue weighted by atomic mass is 35.5. The molecule has 4 atom stereocenters. The largest absolute Gasteiger partial charge is 0.297 e. The summed E-state index contributed by atoms with van der Waals surface area (Å²) in [5.41, 5.74) is 1.47. The fraction of sp³-hybridized carbons (Fsp3) is 0.917. The van der Waals surface area contributed by atoms with E-state index in [0.717, 1.165) is 17.8 Å². The summed E-state index contributed by atoms with van der Waals surface area (Å²) in [5, 5.41) is 0. The van der Waals surface area contributed by atoms with Gasteiger partial charge in [0, 0.05) is 17.6 Å². The van der Waals surface area contributed by atoms with Gasteiger partial charge in [0.1, 0.15) is 0 Å². The van der Waals surface area contributed by atoms with Gasteiger partial charge in [0.15, 0.2) is 0 Å². The first-order valence-corrected chi connectivity index (χ1v) is 6.21. The summed E-state index contributed by atoms with van der Waals surface area (Å²) < 4.78 is 0. The Morgan fingerprint density at radius 2 is 2.00 bits per heavy atom. The molecule has 0 amide bonds. The average molecular weight is 212 g/mol. The first kappa shape index (κ1) is 9.21. The van der Waals surface area contributed by atoms with E-state index in [1.807, 2.05) is 7.05 Å². The van der Waals surface area contributed by atoms with Gasteiger partial charge in [-0.2, -0.15) is 0 Å². The summed E-state index contributed by atoms with van der Waals surface area (Å²) in [6.45, 7) is 0. The van der Waals surface area contributed by atoms with Gasteiger partial charge in [0.2, 0.25) is 0 Å². The minimum atomic E-state index is 0.156. The second-order valence-electron chi connectivity index (χ2n) is 5.58. The van der Waals surface area contributed by atoms with Crippen LogP contribution in [0.1, 0.15) is 38.5 Å². The van der Waals surface area contributed by atoms with Crippen LogP contribution in [0.3, 0.4) is 0 Å². The molecule has 2 heteroatoms. The average Bonchev–Trinajstić information content (AvgIpc) is 2.26. The zero-order valence-corrected chi connectivity index (χ0v) is 9.56. The van der Waals surface area contributed by atoms with E-state index in [9.17, 15) is 0 Å². The molecule has 4 rings (SSSR count). The van der Waals surface area contributed by atoms with Gasteiger partial charge in [-0.1, -0.05) is 0 Å². The van der Waals surface area contributed by atoms with Crippen molar-refractivity contribution in [2.75, 3.05) is 7.05 Å². The Labute approximate surface area is 90.9 Å². The van der Waals surface area contributed by atoms with Gasteiger partial charge in [0.25, 0.3) is 0 Å². The van der Waals surface area contributed by atoms with Crippen LogP contribution >= 0.6 is 11.6 Å². The maximum atomic E-state index is 6.70. The fourth-order valence-corrected chi connectivity index (χ4v) is 4.80. The van der Waals surface area contributed by atoms with Gasteiger partial charge >= 0.3 is 0 Å². The lowest BCUT2D eigenvalue weighted by molar-refractivity contribution is 0.159. The molecule has 0 saturated heterocycles. The van der Waals surface area contributed by atoms with E-state index in [-0.39, 0.29) is 4.87 Å². The number of rotatable bonds is 0. The second kappa shape index (κ2) is 2.98. The van der Waals surface area contributed by atoms with Crippen molar-refractivity contribution in [1.82, 2.24) is 0 Å². The molecule has 4 fully saturated rings. The minimum absolute atomic E-state index is 0.156. The van der Waals surface area contributed by atoms with Crippen molar-refractivity contribution in [1.29, 1.82) is 0 Å². The molecule has 0 aromatic heterocycles. The number of hydrogen-bond donors (Lipinski definition) is 0. The molecular weight excluding hydrogens is 194 g/mol. The molecule has 0 spiro atoms. The van der Waals surface area contributed by atoms with Crippen LogP contribution in [0.4, 0.5) is 0 Å². The summed E-state index contributed by atoms with van der Waals surface area (Å²) in [4.78, 5) is 4.65. The maximum Gasteiger partial charge on any atom is 0.0458 e. The first-order valence-electron chi connectivity index (χ1n) is 5.83. The molecule has 4 unspecified atom stereocenters. The topological polar surface area (TPSA) is 12.4 Å². The molecule has 0 aliphatic heterocycles. The Balaban J connectivity index is 1.99. The van der Waals surface area contributed by atoms with E-state index < -0.39 is 0 Å². The second-order valence-corrected chi connectivity index (χ2v) is 6.38. The minimum Gasteiger partial charge on any atom is -0.297 e. The number of aliphatic imine (C=N–C) groups is 1. The fourth-order valence-electron chi connectivity index (χ4n) is 4.18. The summed E-state index contributed by atoms with van der Waals surface area (Å²) in [7, 11) is 1.96. The lowest BCUT2D eigenvalue weighted by Gasteiger charge is -2.44. The van der Waals surface area contributed by atoms with Crippen LogP contribution in [0, 0.1) is 17.8 Å². The van der Waals surface area contributed by atoms with Crippen molar-refractivity contribution in [2.24, 2.45) is 22.7 Å². The smallest absolute Gasteiger partial charge is 0.0458 e. The Bertz CT molecular complexity index is 286.